The Morgan fingerprint density at radius 2 is 2.00 bits per heavy atom. The van der Waals surface area contributed by atoms with Gasteiger partial charge in [-0.25, -0.2) is 9.18 Å². The van der Waals surface area contributed by atoms with Gasteiger partial charge in [0.2, 0.25) is 0 Å². The topological polar surface area (TPSA) is 43.7 Å². The van der Waals surface area contributed by atoms with E-state index >= 15 is 0 Å². The molecule has 0 saturated heterocycles. The summed E-state index contributed by atoms with van der Waals surface area (Å²) in [6.07, 6.45) is 0. The van der Waals surface area contributed by atoms with E-state index in [2.05, 4.69) is 0 Å². The maximum Gasteiger partial charge on any atom is 0.340 e. The average molecular weight is 345 g/mol. The Labute approximate surface area is 141 Å². The van der Waals surface area contributed by atoms with Crippen molar-refractivity contribution in [1.82, 2.24) is 9.47 Å². The molecule has 0 N–H and O–H groups in total. The van der Waals surface area contributed by atoms with E-state index < -0.39 is 11.8 Å². The molecule has 0 atom stereocenters. The van der Waals surface area contributed by atoms with Gasteiger partial charge in [-0.1, -0.05) is 0 Å². The second-order valence-corrected chi connectivity index (χ2v) is 5.34. The highest BCUT2D eigenvalue weighted by atomic mass is 35.5. The van der Waals surface area contributed by atoms with E-state index in [9.17, 15) is 9.18 Å². The minimum absolute atomic E-state index is 0. The maximum atomic E-state index is 14.0. The lowest BCUT2D eigenvalue weighted by molar-refractivity contribution is 0.0526. The molecule has 0 radical (unpaired) electrons. The van der Waals surface area contributed by atoms with Crippen LogP contribution in [0.1, 0.15) is 23.0 Å². The zero-order chi connectivity index (χ0) is 16.4. The number of fused-ring (bicyclic) bond motifs is 1. The van der Waals surface area contributed by atoms with Crippen LogP contribution in [0.25, 0.3) is 10.9 Å². The molecule has 0 bridgehead atoms. The molecule has 23 heavy (non-hydrogen) atoms. The van der Waals surface area contributed by atoms with E-state index in [1.165, 1.54) is 13.2 Å². The van der Waals surface area contributed by atoms with Gasteiger partial charge < -0.3 is 18.9 Å². The van der Waals surface area contributed by atoms with Crippen LogP contribution >= 0.6 is 12.4 Å². The maximum absolute atomic E-state index is 14.0. The zero-order valence-electron chi connectivity index (χ0n) is 14.0. The summed E-state index contributed by atoms with van der Waals surface area (Å²) in [6, 6.07) is 2.94. The van der Waals surface area contributed by atoms with Gasteiger partial charge in [-0.15, -0.1) is 12.4 Å². The number of aryl methyl sites for hydroxylation is 1. The number of halogens is 2. The summed E-state index contributed by atoms with van der Waals surface area (Å²) in [5.41, 5.74) is 1.88. The number of carbonyl (C=O) groups is 1. The third-order valence-electron chi connectivity index (χ3n) is 3.54. The van der Waals surface area contributed by atoms with Crippen molar-refractivity contribution < 1.29 is 18.7 Å². The van der Waals surface area contributed by atoms with E-state index in [-0.39, 0.29) is 24.8 Å². The Kier molecular flexibility index (Phi) is 6.41. The van der Waals surface area contributed by atoms with Crippen LogP contribution in [0.3, 0.4) is 0 Å². The van der Waals surface area contributed by atoms with E-state index in [4.69, 9.17) is 9.47 Å². The summed E-state index contributed by atoms with van der Waals surface area (Å²) in [7, 11) is 7.04. The lowest BCUT2D eigenvalue weighted by Gasteiger charge is -2.12. The van der Waals surface area contributed by atoms with E-state index in [1.807, 2.05) is 30.6 Å². The fraction of sp³-hybridized carbons (Fsp3) is 0.438. The smallest absolute Gasteiger partial charge is 0.340 e. The van der Waals surface area contributed by atoms with Crippen LogP contribution in [0.5, 0.6) is 5.75 Å². The molecular formula is C16H22ClFN2O3. The Hall–Kier alpha value is -1.79. The Bertz CT molecular complexity index is 713. The normalized spacial score (nSPS) is 10.7. The van der Waals surface area contributed by atoms with E-state index in [1.54, 1.807) is 13.0 Å². The molecule has 7 heteroatoms. The summed E-state index contributed by atoms with van der Waals surface area (Å²) in [4.78, 5) is 14.3. The second kappa shape index (κ2) is 7.66. The zero-order valence-corrected chi connectivity index (χ0v) is 14.8. The first-order valence-corrected chi connectivity index (χ1v) is 7.07. The molecule has 1 heterocycles. The molecule has 2 rings (SSSR count). The van der Waals surface area contributed by atoms with Gasteiger partial charge in [-0.3, -0.25) is 0 Å². The van der Waals surface area contributed by atoms with Gasteiger partial charge in [0.05, 0.1) is 24.8 Å². The fourth-order valence-corrected chi connectivity index (χ4v) is 2.56. The molecule has 0 aliphatic rings. The van der Waals surface area contributed by atoms with Gasteiger partial charge in [-0.05, 0) is 27.1 Å². The van der Waals surface area contributed by atoms with Crippen molar-refractivity contribution in [2.45, 2.75) is 13.5 Å². The first-order chi connectivity index (χ1) is 10.4. The predicted octanol–water partition coefficient (Wildman–Crippen LogP) is 2.99. The van der Waals surface area contributed by atoms with Crippen LogP contribution in [0.15, 0.2) is 12.1 Å². The highest BCUT2D eigenvalue weighted by Gasteiger charge is 2.24. The monoisotopic (exact) mass is 344 g/mol. The number of nitrogens with zero attached hydrogens (tertiary/aromatic N) is 2. The first kappa shape index (κ1) is 19.3. The van der Waals surface area contributed by atoms with Gasteiger partial charge in [0.1, 0.15) is 0 Å². The van der Waals surface area contributed by atoms with Crippen LogP contribution in [0.4, 0.5) is 4.39 Å². The predicted molar refractivity (Wildman–Crippen MR) is 90.0 cm³/mol. The fourth-order valence-electron chi connectivity index (χ4n) is 2.56. The quantitative estimate of drug-likeness (QED) is 0.782. The van der Waals surface area contributed by atoms with Crippen molar-refractivity contribution in [2.75, 3.05) is 27.8 Å². The number of ether oxygens (including phenoxy) is 2. The van der Waals surface area contributed by atoms with Crippen LogP contribution < -0.4 is 4.74 Å². The van der Waals surface area contributed by atoms with Gasteiger partial charge in [0, 0.05) is 30.7 Å². The average Bonchev–Trinajstić information content (AvgIpc) is 2.70. The Morgan fingerprint density at radius 1 is 1.35 bits per heavy atom. The molecule has 128 valence electrons. The third kappa shape index (κ3) is 3.59. The summed E-state index contributed by atoms with van der Waals surface area (Å²) < 4.78 is 26.0. The largest absolute Gasteiger partial charge is 0.494 e. The summed E-state index contributed by atoms with van der Waals surface area (Å²) in [5.74, 6) is -0.749. The van der Waals surface area contributed by atoms with Crippen molar-refractivity contribution in [1.29, 1.82) is 0 Å². The minimum Gasteiger partial charge on any atom is -0.494 e. The van der Waals surface area contributed by atoms with Crippen molar-refractivity contribution in [2.24, 2.45) is 7.05 Å². The number of aromatic nitrogens is 1. The first-order valence-electron chi connectivity index (χ1n) is 7.07. The molecule has 5 nitrogen and oxygen atoms in total. The van der Waals surface area contributed by atoms with Crippen molar-refractivity contribution in [3.05, 3.63) is 29.2 Å². The third-order valence-corrected chi connectivity index (χ3v) is 3.54. The summed E-state index contributed by atoms with van der Waals surface area (Å²) in [6.45, 7) is 2.59. The van der Waals surface area contributed by atoms with E-state index in [0.29, 0.717) is 23.0 Å². The van der Waals surface area contributed by atoms with Crippen LogP contribution in [-0.4, -0.2) is 43.2 Å². The van der Waals surface area contributed by atoms with Gasteiger partial charge in [0.25, 0.3) is 0 Å². The molecule has 0 aliphatic heterocycles. The number of esters is 1. The molecule has 0 spiro atoms. The van der Waals surface area contributed by atoms with Crippen LogP contribution in [-0.2, 0) is 18.3 Å². The molecule has 0 unspecified atom stereocenters. The van der Waals surface area contributed by atoms with Gasteiger partial charge >= 0.3 is 5.97 Å². The lowest BCUT2D eigenvalue weighted by atomic mass is 10.1. The summed E-state index contributed by atoms with van der Waals surface area (Å²) >= 11 is 0. The molecule has 1 aromatic carbocycles. The molecule has 0 amide bonds. The van der Waals surface area contributed by atoms with Crippen LogP contribution in [0.2, 0.25) is 0 Å². The van der Waals surface area contributed by atoms with E-state index in [0.717, 1.165) is 5.69 Å². The molecule has 0 fully saturated rings. The number of rotatable bonds is 5. The number of benzene rings is 1. The highest BCUT2D eigenvalue weighted by Crippen LogP contribution is 2.32. The van der Waals surface area contributed by atoms with Crippen LogP contribution in [0, 0.1) is 5.82 Å². The van der Waals surface area contributed by atoms with Crippen molar-refractivity contribution >= 4 is 29.3 Å². The number of hydrogen-bond donors (Lipinski definition) is 0. The summed E-state index contributed by atoms with van der Waals surface area (Å²) in [5, 5.41) is 0.635. The van der Waals surface area contributed by atoms with Crippen molar-refractivity contribution in [3.63, 3.8) is 0 Å². The number of carbonyl (C=O) groups excluding carboxylic acids is 1. The SMILES string of the molecule is CCOC(=O)c1c(CN(C)C)n(C)c2cc(F)c(OC)cc12.Cl. The number of methoxy groups -OCH3 is 1. The van der Waals surface area contributed by atoms with Crippen molar-refractivity contribution in [3.8, 4) is 5.75 Å². The Morgan fingerprint density at radius 3 is 2.52 bits per heavy atom. The molecular weight excluding hydrogens is 323 g/mol. The highest BCUT2D eigenvalue weighted by molar-refractivity contribution is 6.06. The standard InChI is InChI=1S/C16H21FN2O3.ClH/c1-6-22-16(20)15-10-7-14(21-5)11(17)8-12(10)19(4)13(15)9-18(2)3;/h7-8H,6,9H2,1-5H3;1H. The number of hydrogen-bond acceptors (Lipinski definition) is 4. The second-order valence-electron chi connectivity index (χ2n) is 5.34. The Balaban J connectivity index is 0.00000264. The molecule has 1 aromatic heterocycles. The van der Waals surface area contributed by atoms with Gasteiger partial charge in [0.15, 0.2) is 11.6 Å². The molecule has 0 saturated carbocycles. The van der Waals surface area contributed by atoms with Gasteiger partial charge in [-0.2, -0.15) is 0 Å². The lowest BCUT2D eigenvalue weighted by Crippen LogP contribution is -2.17. The molecule has 2 aromatic rings. The molecule has 0 aliphatic carbocycles. The minimum atomic E-state index is -0.456.